The fourth-order valence-corrected chi connectivity index (χ4v) is 6.87. The lowest BCUT2D eigenvalue weighted by atomic mass is 9.94. The zero-order chi connectivity index (χ0) is 29.7. The summed E-state index contributed by atoms with van der Waals surface area (Å²) in [6.45, 7) is 0. The zero-order valence-corrected chi connectivity index (χ0v) is 24.6. The van der Waals surface area contributed by atoms with E-state index in [4.69, 9.17) is 4.98 Å². The largest absolute Gasteiger partial charge is 0.309 e. The Morgan fingerprint density at radius 1 is 0.400 bits per heavy atom. The van der Waals surface area contributed by atoms with Gasteiger partial charge in [0.2, 0.25) is 0 Å². The third-order valence-corrected chi connectivity index (χ3v) is 8.96. The van der Waals surface area contributed by atoms with Gasteiger partial charge < -0.3 is 4.57 Å². The number of nitrogens with zero attached hydrogens (tertiary/aromatic N) is 2. The van der Waals surface area contributed by atoms with E-state index in [1.807, 2.05) is 0 Å². The van der Waals surface area contributed by atoms with Gasteiger partial charge in [-0.15, -0.1) is 0 Å². The van der Waals surface area contributed by atoms with Crippen LogP contribution in [-0.2, 0) is 0 Å². The lowest BCUT2D eigenvalue weighted by molar-refractivity contribution is 1.18. The molecule has 0 atom stereocenters. The maximum atomic E-state index is 5.24. The summed E-state index contributed by atoms with van der Waals surface area (Å²) in [4.78, 5) is 5.24. The zero-order valence-electron chi connectivity index (χ0n) is 24.6. The highest BCUT2D eigenvalue weighted by Crippen LogP contribution is 2.38. The summed E-state index contributed by atoms with van der Waals surface area (Å²) in [5, 5.41) is 6.15. The number of aromatic nitrogens is 2. The number of benzene rings is 7. The van der Waals surface area contributed by atoms with Crippen LogP contribution in [0.25, 0.3) is 82.7 Å². The molecule has 9 aromatic rings. The molecular formula is C43H28N2. The molecular weight excluding hydrogens is 544 g/mol. The molecule has 2 nitrogen and oxygen atoms in total. The van der Waals surface area contributed by atoms with Crippen LogP contribution in [0.15, 0.2) is 170 Å². The number of hydrogen-bond acceptors (Lipinski definition) is 1. The Balaban J connectivity index is 1.22. The van der Waals surface area contributed by atoms with Gasteiger partial charge in [-0.05, 0) is 81.6 Å². The van der Waals surface area contributed by atoms with E-state index in [0.717, 1.165) is 16.8 Å². The molecule has 45 heavy (non-hydrogen) atoms. The first-order valence-corrected chi connectivity index (χ1v) is 15.4. The number of fused-ring (bicyclic) bond motifs is 6. The average Bonchev–Trinajstić information content (AvgIpc) is 3.45. The summed E-state index contributed by atoms with van der Waals surface area (Å²) >= 11 is 0. The summed E-state index contributed by atoms with van der Waals surface area (Å²) in [6, 6.07) is 60.8. The normalized spacial score (nSPS) is 11.6. The lowest BCUT2D eigenvalue weighted by Gasteiger charge is -2.14. The van der Waals surface area contributed by atoms with E-state index in [2.05, 4.69) is 174 Å². The molecule has 0 fully saturated rings. The smallest absolute Gasteiger partial charge is 0.0722 e. The van der Waals surface area contributed by atoms with Gasteiger partial charge in [-0.3, -0.25) is 0 Å². The van der Waals surface area contributed by atoms with Gasteiger partial charge in [0.05, 0.1) is 22.2 Å². The molecule has 2 heterocycles. The van der Waals surface area contributed by atoms with Crippen molar-refractivity contribution < 1.29 is 0 Å². The van der Waals surface area contributed by atoms with Crippen molar-refractivity contribution in [3.05, 3.63) is 170 Å². The summed E-state index contributed by atoms with van der Waals surface area (Å²) in [7, 11) is 0. The molecule has 0 radical (unpaired) electrons. The van der Waals surface area contributed by atoms with Gasteiger partial charge in [-0.25, -0.2) is 4.98 Å². The topological polar surface area (TPSA) is 17.8 Å². The highest BCUT2D eigenvalue weighted by atomic mass is 15.0. The quantitative estimate of drug-likeness (QED) is 0.192. The molecule has 0 aliphatic heterocycles. The van der Waals surface area contributed by atoms with E-state index in [9.17, 15) is 0 Å². The Morgan fingerprint density at radius 3 is 1.93 bits per heavy atom. The maximum absolute atomic E-state index is 5.24. The number of pyridine rings is 1. The van der Waals surface area contributed by atoms with Crippen molar-refractivity contribution in [3.8, 4) is 39.2 Å². The van der Waals surface area contributed by atoms with E-state index < -0.39 is 0 Å². The van der Waals surface area contributed by atoms with Crippen LogP contribution in [0.5, 0.6) is 0 Å². The van der Waals surface area contributed by atoms with Crippen molar-refractivity contribution in [2.45, 2.75) is 0 Å². The number of rotatable bonds is 4. The summed E-state index contributed by atoms with van der Waals surface area (Å²) < 4.78 is 2.36. The Bertz CT molecular complexity index is 2530. The standard InChI is InChI=1S/C43H28N2/c1-3-12-29(13-4-1)37-28-40(44-39-24-22-30-14-7-8-19-35(30)43(37)39)33-16-11-15-31(26-33)32-23-25-42-38(27-32)36-20-9-10-21-41(36)45(42)34-17-5-2-6-18-34/h1-28H. The minimum Gasteiger partial charge on any atom is -0.309 e. The van der Waals surface area contributed by atoms with E-state index in [1.165, 1.54) is 65.9 Å². The van der Waals surface area contributed by atoms with Crippen molar-refractivity contribution >= 4 is 43.5 Å². The summed E-state index contributed by atoms with van der Waals surface area (Å²) in [6.07, 6.45) is 0. The van der Waals surface area contributed by atoms with E-state index >= 15 is 0 Å². The molecule has 0 amide bonds. The monoisotopic (exact) mass is 572 g/mol. The second-order valence-electron chi connectivity index (χ2n) is 11.6. The molecule has 0 spiro atoms. The Kier molecular flexibility index (Phi) is 5.85. The Morgan fingerprint density at radius 2 is 1.07 bits per heavy atom. The second kappa shape index (κ2) is 10.3. The van der Waals surface area contributed by atoms with Crippen molar-refractivity contribution in [1.82, 2.24) is 9.55 Å². The molecule has 0 saturated heterocycles. The molecule has 0 saturated carbocycles. The second-order valence-corrected chi connectivity index (χ2v) is 11.6. The molecule has 0 aliphatic carbocycles. The van der Waals surface area contributed by atoms with Crippen LogP contribution in [-0.4, -0.2) is 9.55 Å². The molecule has 0 N–H and O–H groups in total. The number of hydrogen-bond donors (Lipinski definition) is 0. The fraction of sp³-hybridized carbons (Fsp3) is 0. The summed E-state index contributed by atoms with van der Waals surface area (Å²) in [5.74, 6) is 0. The highest BCUT2D eigenvalue weighted by Gasteiger charge is 2.15. The van der Waals surface area contributed by atoms with Gasteiger partial charge in [0, 0.05) is 27.4 Å². The minimum atomic E-state index is 0.972. The fourth-order valence-electron chi connectivity index (χ4n) is 6.87. The molecule has 9 rings (SSSR count). The van der Waals surface area contributed by atoms with Crippen molar-refractivity contribution in [2.24, 2.45) is 0 Å². The molecule has 2 heteroatoms. The van der Waals surface area contributed by atoms with Crippen LogP contribution in [0.3, 0.4) is 0 Å². The molecule has 0 unspecified atom stereocenters. The first-order chi connectivity index (χ1) is 22.3. The molecule has 7 aromatic carbocycles. The third-order valence-electron chi connectivity index (χ3n) is 8.96. The van der Waals surface area contributed by atoms with Crippen molar-refractivity contribution in [1.29, 1.82) is 0 Å². The minimum absolute atomic E-state index is 0.972. The third kappa shape index (κ3) is 4.22. The van der Waals surface area contributed by atoms with Crippen LogP contribution in [0.2, 0.25) is 0 Å². The number of para-hydroxylation sites is 2. The van der Waals surface area contributed by atoms with Gasteiger partial charge in [-0.2, -0.15) is 0 Å². The van der Waals surface area contributed by atoms with Gasteiger partial charge in [0.1, 0.15) is 0 Å². The summed E-state index contributed by atoms with van der Waals surface area (Å²) in [5.41, 5.74) is 11.4. The molecule has 0 aliphatic rings. The van der Waals surface area contributed by atoms with Crippen molar-refractivity contribution in [3.63, 3.8) is 0 Å². The molecule has 2 aromatic heterocycles. The van der Waals surface area contributed by atoms with Crippen LogP contribution in [0, 0.1) is 0 Å². The highest BCUT2D eigenvalue weighted by molar-refractivity contribution is 6.14. The van der Waals surface area contributed by atoms with E-state index in [0.29, 0.717) is 0 Å². The maximum Gasteiger partial charge on any atom is 0.0722 e. The SMILES string of the molecule is c1ccc(-c2cc(-c3cccc(-c4ccc5c(c4)c4ccccc4n5-c4ccccc4)c3)nc3ccc4ccccc4c23)cc1. The van der Waals surface area contributed by atoms with Gasteiger partial charge in [0.15, 0.2) is 0 Å². The predicted octanol–water partition coefficient (Wildman–Crippen LogP) is 11.5. The predicted molar refractivity (Wildman–Crippen MR) is 190 cm³/mol. The van der Waals surface area contributed by atoms with Crippen molar-refractivity contribution in [2.75, 3.05) is 0 Å². The first-order valence-electron chi connectivity index (χ1n) is 15.4. The van der Waals surface area contributed by atoms with Gasteiger partial charge in [0.25, 0.3) is 0 Å². The average molecular weight is 573 g/mol. The van der Waals surface area contributed by atoms with Gasteiger partial charge >= 0.3 is 0 Å². The first kappa shape index (κ1) is 25.5. The molecule has 0 bridgehead atoms. The Labute approximate surface area is 261 Å². The van der Waals surface area contributed by atoms with Crippen LogP contribution in [0.4, 0.5) is 0 Å². The molecule has 210 valence electrons. The van der Waals surface area contributed by atoms with Crippen LogP contribution < -0.4 is 0 Å². The van der Waals surface area contributed by atoms with Crippen LogP contribution >= 0.6 is 0 Å². The van der Waals surface area contributed by atoms with Crippen LogP contribution in [0.1, 0.15) is 0 Å². The van der Waals surface area contributed by atoms with E-state index in [-0.39, 0.29) is 0 Å². The van der Waals surface area contributed by atoms with Gasteiger partial charge in [-0.1, -0.05) is 121 Å². The Hall–Kier alpha value is -5.99. The van der Waals surface area contributed by atoms with E-state index in [1.54, 1.807) is 0 Å². The lowest BCUT2D eigenvalue weighted by Crippen LogP contribution is -1.93.